The monoisotopic (exact) mass is 428 g/mol. The standard InChI is InChI=1S/C18H24N2O6S2/c1-12(21)19-13(18(23)24)10-27-11-16(22)20-7-8-28-17(20)9-26-15-6-4-3-5-14(15)25-2/h3-6,13,17H,7-11H2,1-2H3,(H,19,21)(H,23,24). The minimum absolute atomic E-state index is 0.0735. The van der Waals surface area contributed by atoms with Crippen LogP contribution in [0.1, 0.15) is 6.92 Å². The molecule has 1 fully saturated rings. The van der Waals surface area contributed by atoms with Crippen LogP contribution < -0.4 is 14.8 Å². The molecule has 0 aliphatic carbocycles. The summed E-state index contributed by atoms with van der Waals surface area (Å²) in [6.45, 7) is 2.22. The Bertz CT molecular complexity index is 702. The van der Waals surface area contributed by atoms with Gasteiger partial charge in [0.25, 0.3) is 0 Å². The largest absolute Gasteiger partial charge is 0.493 e. The zero-order valence-corrected chi connectivity index (χ0v) is 17.4. The molecule has 8 nitrogen and oxygen atoms in total. The lowest BCUT2D eigenvalue weighted by Gasteiger charge is -2.24. The molecular formula is C18H24N2O6S2. The molecule has 154 valence electrons. The van der Waals surface area contributed by atoms with Crippen molar-refractivity contribution >= 4 is 41.3 Å². The van der Waals surface area contributed by atoms with Crippen molar-refractivity contribution in [1.29, 1.82) is 0 Å². The number of benzene rings is 1. The lowest BCUT2D eigenvalue weighted by Crippen LogP contribution is -2.42. The summed E-state index contributed by atoms with van der Waals surface area (Å²) in [5, 5.41) is 11.4. The molecule has 1 saturated heterocycles. The maximum absolute atomic E-state index is 12.5. The van der Waals surface area contributed by atoms with Crippen molar-refractivity contribution in [3.63, 3.8) is 0 Å². The fraction of sp³-hybridized carbons (Fsp3) is 0.500. The highest BCUT2D eigenvalue weighted by atomic mass is 32.2. The maximum Gasteiger partial charge on any atom is 0.327 e. The molecule has 2 atom stereocenters. The smallest absolute Gasteiger partial charge is 0.327 e. The van der Waals surface area contributed by atoms with Gasteiger partial charge in [0.15, 0.2) is 11.5 Å². The number of hydrogen-bond donors (Lipinski definition) is 2. The first-order valence-electron chi connectivity index (χ1n) is 8.67. The van der Waals surface area contributed by atoms with Crippen molar-refractivity contribution in [3.05, 3.63) is 24.3 Å². The first-order chi connectivity index (χ1) is 13.4. The maximum atomic E-state index is 12.5. The van der Waals surface area contributed by atoms with Gasteiger partial charge in [0.1, 0.15) is 18.0 Å². The molecule has 0 saturated carbocycles. The van der Waals surface area contributed by atoms with Crippen molar-refractivity contribution in [3.8, 4) is 11.5 Å². The van der Waals surface area contributed by atoms with E-state index in [1.54, 1.807) is 23.8 Å². The van der Waals surface area contributed by atoms with E-state index in [4.69, 9.17) is 14.6 Å². The number of ether oxygens (including phenoxy) is 2. The number of carbonyl (C=O) groups excluding carboxylic acids is 2. The fourth-order valence-corrected chi connectivity index (χ4v) is 4.67. The van der Waals surface area contributed by atoms with Gasteiger partial charge in [-0.3, -0.25) is 9.59 Å². The molecule has 1 aliphatic rings. The third-order valence-corrected chi connectivity index (χ3v) is 6.16. The van der Waals surface area contributed by atoms with Gasteiger partial charge in [0, 0.05) is 25.0 Å². The van der Waals surface area contributed by atoms with Crippen molar-refractivity contribution in [1.82, 2.24) is 10.2 Å². The molecule has 1 aliphatic heterocycles. The van der Waals surface area contributed by atoms with Crippen LogP contribution in [0.3, 0.4) is 0 Å². The number of thioether (sulfide) groups is 2. The molecule has 0 spiro atoms. The number of amides is 2. The van der Waals surface area contributed by atoms with Crippen LogP contribution in [0.4, 0.5) is 0 Å². The fourth-order valence-electron chi connectivity index (χ4n) is 2.61. The van der Waals surface area contributed by atoms with E-state index in [-0.39, 0.29) is 22.8 Å². The first kappa shape index (κ1) is 22.2. The van der Waals surface area contributed by atoms with E-state index in [1.165, 1.54) is 18.7 Å². The Morgan fingerprint density at radius 1 is 1.36 bits per heavy atom. The number of carboxylic acid groups (broad SMARTS) is 1. The van der Waals surface area contributed by atoms with E-state index >= 15 is 0 Å². The molecular weight excluding hydrogens is 404 g/mol. The van der Waals surface area contributed by atoms with Gasteiger partial charge in [0.2, 0.25) is 11.8 Å². The lowest BCUT2D eigenvalue weighted by atomic mass is 10.3. The summed E-state index contributed by atoms with van der Waals surface area (Å²) in [6.07, 6.45) is 0. The number of para-hydroxylation sites is 2. The minimum atomic E-state index is -1.12. The van der Waals surface area contributed by atoms with Crippen LogP contribution in [-0.4, -0.2) is 76.7 Å². The summed E-state index contributed by atoms with van der Waals surface area (Å²) in [4.78, 5) is 36.5. The average molecular weight is 429 g/mol. The third-order valence-electron chi connectivity index (χ3n) is 3.95. The van der Waals surface area contributed by atoms with Gasteiger partial charge in [-0.1, -0.05) is 12.1 Å². The number of aliphatic carboxylic acids is 1. The van der Waals surface area contributed by atoms with Gasteiger partial charge < -0.3 is 24.8 Å². The van der Waals surface area contributed by atoms with Crippen LogP contribution in [0.2, 0.25) is 0 Å². The zero-order valence-electron chi connectivity index (χ0n) is 15.8. The van der Waals surface area contributed by atoms with Crippen molar-refractivity contribution in [2.75, 3.05) is 37.5 Å². The lowest BCUT2D eigenvalue weighted by molar-refractivity contribution is -0.140. The second-order valence-electron chi connectivity index (χ2n) is 5.98. The van der Waals surface area contributed by atoms with Gasteiger partial charge in [-0.25, -0.2) is 4.79 Å². The molecule has 0 radical (unpaired) electrons. The SMILES string of the molecule is COc1ccccc1OCC1SCCN1C(=O)CSCC(NC(C)=O)C(=O)O. The van der Waals surface area contributed by atoms with E-state index in [0.29, 0.717) is 24.7 Å². The van der Waals surface area contributed by atoms with E-state index in [1.807, 2.05) is 24.3 Å². The molecule has 28 heavy (non-hydrogen) atoms. The van der Waals surface area contributed by atoms with Crippen molar-refractivity contribution in [2.45, 2.75) is 18.3 Å². The molecule has 2 unspecified atom stereocenters. The number of hydrogen-bond acceptors (Lipinski definition) is 7. The topological polar surface area (TPSA) is 105 Å². The highest BCUT2D eigenvalue weighted by Gasteiger charge is 2.30. The molecule has 1 aromatic rings. The zero-order chi connectivity index (χ0) is 20.5. The summed E-state index contributed by atoms with van der Waals surface area (Å²) in [5.41, 5.74) is 0. The Labute approximate surface area is 172 Å². The Hall–Kier alpha value is -2.07. The van der Waals surface area contributed by atoms with Crippen LogP contribution in [0.25, 0.3) is 0 Å². The summed E-state index contributed by atoms with van der Waals surface area (Å²) in [5.74, 6) is 0.754. The summed E-state index contributed by atoms with van der Waals surface area (Å²) in [7, 11) is 1.57. The number of nitrogens with zero attached hydrogens (tertiary/aromatic N) is 1. The molecule has 10 heteroatoms. The summed E-state index contributed by atoms with van der Waals surface area (Å²) in [6, 6.07) is 6.33. The molecule has 0 aromatic heterocycles. The number of nitrogens with one attached hydrogen (secondary N) is 1. The van der Waals surface area contributed by atoms with Crippen LogP contribution in [0.15, 0.2) is 24.3 Å². The van der Waals surface area contributed by atoms with E-state index in [9.17, 15) is 14.4 Å². The molecule has 1 aromatic carbocycles. The van der Waals surface area contributed by atoms with Crippen LogP contribution in [0.5, 0.6) is 11.5 Å². The third kappa shape index (κ3) is 6.52. The predicted molar refractivity (Wildman–Crippen MR) is 109 cm³/mol. The number of carboxylic acids is 1. The molecule has 2 rings (SSSR count). The summed E-state index contributed by atoms with van der Waals surface area (Å²) >= 11 is 2.84. The predicted octanol–water partition coefficient (Wildman–Crippen LogP) is 1.30. The molecule has 0 bridgehead atoms. The highest BCUT2D eigenvalue weighted by molar-refractivity contribution is 8.00. The number of rotatable bonds is 10. The molecule has 1 heterocycles. The van der Waals surface area contributed by atoms with Crippen LogP contribution >= 0.6 is 23.5 Å². The van der Waals surface area contributed by atoms with E-state index in [0.717, 1.165) is 5.75 Å². The number of carbonyl (C=O) groups is 3. The Balaban J connectivity index is 1.83. The van der Waals surface area contributed by atoms with Crippen LogP contribution in [-0.2, 0) is 14.4 Å². The highest BCUT2D eigenvalue weighted by Crippen LogP contribution is 2.29. The van der Waals surface area contributed by atoms with E-state index < -0.39 is 17.9 Å². The van der Waals surface area contributed by atoms with Gasteiger partial charge in [0.05, 0.1) is 12.9 Å². The normalized spacial score (nSPS) is 17.1. The second kappa shape index (κ2) is 11.1. The Morgan fingerprint density at radius 3 is 2.71 bits per heavy atom. The molecule has 2 N–H and O–H groups in total. The quantitative estimate of drug-likeness (QED) is 0.575. The van der Waals surface area contributed by atoms with Gasteiger partial charge in [-0.2, -0.15) is 0 Å². The summed E-state index contributed by atoms with van der Waals surface area (Å²) < 4.78 is 11.1. The Morgan fingerprint density at radius 2 is 2.07 bits per heavy atom. The molecule has 2 amide bonds. The van der Waals surface area contributed by atoms with Crippen molar-refractivity contribution in [2.24, 2.45) is 0 Å². The van der Waals surface area contributed by atoms with Crippen LogP contribution in [0, 0.1) is 0 Å². The number of methoxy groups -OCH3 is 1. The van der Waals surface area contributed by atoms with E-state index in [2.05, 4.69) is 5.32 Å². The van der Waals surface area contributed by atoms with Crippen molar-refractivity contribution < 1.29 is 29.0 Å². The second-order valence-corrected chi connectivity index (χ2v) is 8.30. The van der Waals surface area contributed by atoms with Gasteiger partial charge >= 0.3 is 5.97 Å². The average Bonchev–Trinajstić information content (AvgIpc) is 3.14. The van der Waals surface area contributed by atoms with Gasteiger partial charge in [-0.05, 0) is 12.1 Å². The first-order valence-corrected chi connectivity index (χ1v) is 10.9. The van der Waals surface area contributed by atoms with Gasteiger partial charge in [-0.15, -0.1) is 23.5 Å². The Kier molecular flexibility index (Phi) is 8.78. The minimum Gasteiger partial charge on any atom is -0.493 e.